The van der Waals surface area contributed by atoms with Crippen molar-refractivity contribution in [3.63, 3.8) is 0 Å². The molecule has 0 spiro atoms. The van der Waals surface area contributed by atoms with E-state index < -0.39 is 0 Å². The van der Waals surface area contributed by atoms with Crippen molar-refractivity contribution in [1.82, 2.24) is 19.7 Å². The van der Waals surface area contributed by atoms with Crippen LogP contribution in [0.25, 0.3) is 0 Å². The van der Waals surface area contributed by atoms with Crippen molar-refractivity contribution in [3.05, 3.63) is 29.8 Å². The smallest absolute Gasteiger partial charge is 0.277 e. The first-order valence-corrected chi connectivity index (χ1v) is 6.48. The number of rotatable bonds is 5. The molecule has 0 saturated carbocycles. The minimum Gasteiger partial charge on any atom is -0.369 e. The van der Waals surface area contributed by atoms with E-state index in [4.69, 9.17) is 0 Å². The summed E-state index contributed by atoms with van der Waals surface area (Å²) in [5.41, 5.74) is 1.11. The third-order valence-electron chi connectivity index (χ3n) is 2.67. The molecular weight excluding hydrogens is 256 g/mol. The lowest BCUT2D eigenvalue weighted by atomic mass is 10.4. The van der Waals surface area contributed by atoms with E-state index in [9.17, 15) is 4.79 Å². The van der Waals surface area contributed by atoms with E-state index in [0.717, 1.165) is 18.7 Å². The van der Waals surface area contributed by atoms with Crippen LogP contribution in [0, 0.1) is 6.92 Å². The minimum absolute atomic E-state index is 0.268. The molecule has 0 saturated heterocycles. The maximum Gasteiger partial charge on any atom is 0.277 e. The van der Waals surface area contributed by atoms with Crippen LogP contribution in [0.5, 0.6) is 0 Å². The Labute approximate surface area is 117 Å². The average molecular weight is 274 g/mol. The van der Waals surface area contributed by atoms with Crippen LogP contribution >= 0.6 is 0 Å². The van der Waals surface area contributed by atoms with Crippen LogP contribution in [-0.2, 0) is 7.05 Å². The number of anilines is 2. The van der Waals surface area contributed by atoms with Gasteiger partial charge in [-0.15, -0.1) is 0 Å². The number of aromatic nitrogens is 4. The fourth-order valence-electron chi connectivity index (χ4n) is 1.72. The number of aryl methyl sites for hydroxylation is 2. The third-order valence-corrected chi connectivity index (χ3v) is 2.67. The van der Waals surface area contributed by atoms with Crippen LogP contribution in [-0.4, -0.2) is 32.2 Å². The first-order valence-electron chi connectivity index (χ1n) is 6.48. The van der Waals surface area contributed by atoms with Crippen molar-refractivity contribution in [2.24, 2.45) is 7.05 Å². The Morgan fingerprint density at radius 1 is 1.40 bits per heavy atom. The summed E-state index contributed by atoms with van der Waals surface area (Å²) in [5.74, 6) is 0.919. The molecule has 0 aliphatic rings. The quantitative estimate of drug-likeness (QED) is 0.865. The van der Waals surface area contributed by atoms with Crippen LogP contribution < -0.4 is 10.6 Å². The van der Waals surface area contributed by atoms with E-state index in [1.807, 2.05) is 6.92 Å². The molecule has 0 aromatic carbocycles. The van der Waals surface area contributed by atoms with Crippen LogP contribution in [0.1, 0.15) is 29.5 Å². The molecule has 106 valence electrons. The van der Waals surface area contributed by atoms with Gasteiger partial charge in [-0.25, -0.2) is 4.98 Å². The second-order valence-electron chi connectivity index (χ2n) is 4.47. The topological polar surface area (TPSA) is 84.7 Å². The van der Waals surface area contributed by atoms with E-state index in [0.29, 0.717) is 11.6 Å². The molecular formula is C13H18N6O. The molecule has 7 heteroatoms. The number of hydrogen-bond acceptors (Lipinski definition) is 5. The summed E-state index contributed by atoms with van der Waals surface area (Å²) >= 11 is 0. The van der Waals surface area contributed by atoms with E-state index in [-0.39, 0.29) is 11.6 Å². The predicted molar refractivity (Wildman–Crippen MR) is 76.7 cm³/mol. The number of carbonyl (C=O) groups excluding carboxylic acids is 1. The Morgan fingerprint density at radius 3 is 2.85 bits per heavy atom. The largest absolute Gasteiger partial charge is 0.369 e. The minimum atomic E-state index is -0.305. The first-order chi connectivity index (χ1) is 9.60. The van der Waals surface area contributed by atoms with Gasteiger partial charge in [-0.3, -0.25) is 14.5 Å². The Bertz CT molecular complexity index is 607. The lowest BCUT2D eigenvalue weighted by Gasteiger charge is -2.06. The summed E-state index contributed by atoms with van der Waals surface area (Å²) in [4.78, 5) is 20.4. The van der Waals surface area contributed by atoms with Gasteiger partial charge in [0.1, 0.15) is 17.3 Å². The molecule has 2 N–H and O–H groups in total. The summed E-state index contributed by atoms with van der Waals surface area (Å²) < 4.78 is 1.61. The van der Waals surface area contributed by atoms with E-state index >= 15 is 0 Å². The molecule has 0 aliphatic carbocycles. The van der Waals surface area contributed by atoms with Crippen molar-refractivity contribution in [3.8, 4) is 0 Å². The Hall–Kier alpha value is -2.44. The van der Waals surface area contributed by atoms with Gasteiger partial charge in [0.25, 0.3) is 5.91 Å². The Morgan fingerprint density at radius 2 is 2.20 bits per heavy atom. The van der Waals surface area contributed by atoms with Gasteiger partial charge < -0.3 is 10.6 Å². The maximum absolute atomic E-state index is 12.1. The number of nitrogens with zero attached hydrogens (tertiary/aromatic N) is 4. The van der Waals surface area contributed by atoms with Crippen LogP contribution in [0.2, 0.25) is 0 Å². The molecule has 2 heterocycles. The van der Waals surface area contributed by atoms with Gasteiger partial charge in [-0.2, -0.15) is 5.10 Å². The van der Waals surface area contributed by atoms with Crippen molar-refractivity contribution in [1.29, 1.82) is 0 Å². The highest BCUT2D eigenvalue weighted by atomic mass is 16.2. The predicted octanol–water partition coefficient (Wildman–Crippen LogP) is 1.59. The molecule has 7 nitrogen and oxygen atoms in total. The third kappa shape index (κ3) is 3.31. The van der Waals surface area contributed by atoms with E-state index in [1.165, 1.54) is 6.20 Å². The van der Waals surface area contributed by atoms with Gasteiger partial charge in [0, 0.05) is 19.7 Å². The molecule has 0 radical (unpaired) electrons. The van der Waals surface area contributed by atoms with E-state index in [2.05, 4.69) is 32.6 Å². The van der Waals surface area contributed by atoms with Gasteiger partial charge >= 0.3 is 0 Å². The normalized spacial score (nSPS) is 10.3. The summed E-state index contributed by atoms with van der Waals surface area (Å²) in [7, 11) is 1.77. The second kappa shape index (κ2) is 6.14. The fourth-order valence-corrected chi connectivity index (χ4v) is 1.72. The number of nitrogens with one attached hydrogen (secondary N) is 2. The molecule has 2 aromatic rings. The molecule has 1 amide bonds. The summed E-state index contributed by atoms with van der Waals surface area (Å²) in [6, 6.07) is 1.80. The Balaban J connectivity index is 2.10. The summed E-state index contributed by atoms with van der Waals surface area (Å²) in [5, 5.41) is 10.0. The molecule has 2 rings (SSSR count). The standard InChI is InChI=1S/C13H18N6O/c1-4-5-15-11-8-14-7-10(16-11)13(20)17-12-6-9(2)18-19(12)3/h6-8H,4-5H2,1-3H3,(H,15,16)(H,17,20). The number of carbonyl (C=O) groups is 1. The Kier molecular flexibility index (Phi) is 4.29. The van der Waals surface area contributed by atoms with Gasteiger partial charge in [-0.1, -0.05) is 6.92 Å². The molecule has 0 atom stereocenters. The molecule has 0 fully saturated rings. The lowest BCUT2D eigenvalue weighted by molar-refractivity contribution is 0.102. The lowest BCUT2D eigenvalue weighted by Crippen LogP contribution is -2.17. The number of hydrogen-bond donors (Lipinski definition) is 2. The monoisotopic (exact) mass is 274 g/mol. The van der Waals surface area contributed by atoms with Crippen molar-refractivity contribution < 1.29 is 4.79 Å². The fraction of sp³-hybridized carbons (Fsp3) is 0.385. The maximum atomic E-state index is 12.1. The molecule has 20 heavy (non-hydrogen) atoms. The van der Waals surface area contributed by atoms with Crippen molar-refractivity contribution in [2.45, 2.75) is 20.3 Å². The molecule has 0 aliphatic heterocycles. The second-order valence-corrected chi connectivity index (χ2v) is 4.47. The zero-order valence-electron chi connectivity index (χ0n) is 11.8. The molecule has 2 aromatic heterocycles. The molecule has 0 unspecified atom stereocenters. The highest BCUT2D eigenvalue weighted by Crippen LogP contribution is 2.10. The summed E-state index contributed by atoms with van der Waals surface area (Å²) in [6.45, 7) is 4.72. The highest BCUT2D eigenvalue weighted by Gasteiger charge is 2.11. The van der Waals surface area contributed by atoms with Crippen LogP contribution in [0.15, 0.2) is 18.5 Å². The van der Waals surface area contributed by atoms with E-state index in [1.54, 1.807) is 24.0 Å². The van der Waals surface area contributed by atoms with Gasteiger partial charge in [-0.05, 0) is 13.3 Å². The van der Waals surface area contributed by atoms with Crippen LogP contribution in [0.3, 0.4) is 0 Å². The molecule has 0 bridgehead atoms. The number of amides is 1. The summed E-state index contributed by atoms with van der Waals surface area (Å²) in [6.07, 6.45) is 4.02. The zero-order chi connectivity index (χ0) is 14.5. The first kappa shape index (κ1) is 14.0. The van der Waals surface area contributed by atoms with Crippen molar-refractivity contribution in [2.75, 3.05) is 17.2 Å². The SMILES string of the molecule is CCCNc1cncc(C(=O)Nc2cc(C)nn2C)n1. The van der Waals surface area contributed by atoms with Crippen molar-refractivity contribution >= 4 is 17.5 Å². The van der Waals surface area contributed by atoms with Gasteiger partial charge in [0.2, 0.25) is 0 Å². The van der Waals surface area contributed by atoms with Crippen LogP contribution in [0.4, 0.5) is 11.6 Å². The van der Waals surface area contributed by atoms with Gasteiger partial charge in [0.05, 0.1) is 18.1 Å². The highest BCUT2D eigenvalue weighted by molar-refractivity contribution is 6.02. The average Bonchev–Trinajstić information content (AvgIpc) is 2.75. The van der Waals surface area contributed by atoms with Gasteiger partial charge in [0.15, 0.2) is 0 Å². The zero-order valence-corrected chi connectivity index (χ0v) is 11.8.